The molecule has 20 heavy (non-hydrogen) atoms. The second-order valence-electron chi connectivity index (χ2n) is 5.04. The van der Waals surface area contributed by atoms with Gasteiger partial charge in [-0.15, -0.1) is 0 Å². The van der Waals surface area contributed by atoms with E-state index in [0.717, 1.165) is 5.56 Å². The molecule has 0 aliphatic heterocycles. The molecule has 0 spiro atoms. The molecule has 2 aromatic carbocycles. The molecule has 0 aromatic heterocycles. The summed E-state index contributed by atoms with van der Waals surface area (Å²) in [5.74, 6) is -0.0417. The molecular weight excluding hydrogens is 246 g/mol. The van der Waals surface area contributed by atoms with E-state index in [1.54, 1.807) is 12.1 Å². The average molecular weight is 265 g/mol. The minimum absolute atomic E-state index is 0.353. The van der Waals surface area contributed by atoms with Crippen molar-refractivity contribution in [3.8, 4) is 0 Å². The van der Waals surface area contributed by atoms with Crippen molar-refractivity contribution in [2.75, 3.05) is 0 Å². The first-order valence-corrected chi connectivity index (χ1v) is 6.71. The van der Waals surface area contributed by atoms with Crippen LogP contribution in [-0.4, -0.2) is 5.91 Å². The first-order valence-electron chi connectivity index (χ1n) is 6.71. The van der Waals surface area contributed by atoms with E-state index in [1.807, 2.05) is 12.1 Å². The Morgan fingerprint density at radius 2 is 1.65 bits per heavy atom. The highest BCUT2D eigenvalue weighted by Gasteiger charge is 2.01. The summed E-state index contributed by atoms with van der Waals surface area (Å²) >= 11 is 0. The summed E-state index contributed by atoms with van der Waals surface area (Å²) < 4.78 is 0. The number of hydrogen-bond acceptors (Lipinski definition) is 1. The number of carbonyl (C=O) groups excluding carboxylic acids is 1. The van der Waals surface area contributed by atoms with Crippen LogP contribution in [-0.2, 0) is 0 Å². The van der Waals surface area contributed by atoms with Gasteiger partial charge in [0, 0.05) is 5.56 Å². The third-order valence-corrected chi connectivity index (χ3v) is 3.38. The lowest BCUT2D eigenvalue weighted by molar-refractivity contribution is 0.100. The van der Waals surface area contributed by atoms with Gasteiger partial charge in [-0.2, -0.15) is 0 Å². The van der Waals surface area contributed by atoms with Crippen LogP contribution < -0.4 is 5.73 Å². The summed E-state index contributed by atoms with van der Waals surface area (Å²) in [6.45, 7) is 4.25. The number of primary amides is 1. The van der Waals surface area contributed by atoms with Crippen molar-refractivity contribution < 1.29 is 4.79 Å². The number of nitrogens with two attached hydrogens (primary N) is 1. The van der Waals surface area contributed by atoms with E-state index in [-0.39, 0.29) is 0 Å². The molecule has 2 rings (SSSR count). The molecule has 0 radical (unpaired) electrons. The van der Waals surface area contributed by atoms with Crippen molar-refractivity contribution in [3.05, 3.63) is 76.9 Å². The van der Waals surface area contributed by atoms with Gasteiger partial charge in [0.05, 0.1) is 0 Å². The summed E-state index contributed by atoms with van der Waals surface area (Å²) in [7, 11) is 0. The van der Waals surface area contributed by atoms with Gasteiger partial charge in [-0.25, -0.2) is 0 Å². The smallest absolute Gasteiger partial charge is 0.248 e. The zero-order chi connectivity index (χ0) is 14.5. The molecule has 0 heterocycles. The molecule has 0 bridgehead atoms. The van der Waals surface area contributed by atoms with Crippen LogP contribution >= 0.6 is 0 Å². The molecule has 1 unspecified atom stereocenters. The van der Waals surface area contributed by atoms with Gasteiger partial charge in [-0.1, -0.05) is 61.0 Å². The maximum atomic E-state index is 11.0. The number of aryl methyl sites for hydroxylation is 1. The monoisotopic (exact) mass is 265 g/mol. The van der Waals surface area contributed by atoms with Crippen LogP contribution in [0.3, 0.4) is 0 Å². The van der Waals surface area contributed by atoms with Crippen molar-refractivity contribution in [3.63, 3.8) is 0 Å². The summed E-state index contributed by atoms with van der Waals surface area (Å²) in [5, 5.41) is 0. The fourth-order valence-corrected chi connectivity index (χ4v) is 2.00. The quantitative estimate of drug-likeness (QED) is 0.894. The van der Waals surface area contributed by atoms with Crippen molar-refractivity contribution >= 4 is 12.0 Å². The zero-order valence-electron chi connectivity index (χ0n) is 11.8. The Balaban J connectivity index is 2.08. The molecule has 1 amide bonds. The third-order valence-electron chi connectivity index (χ3n) is 3.38. The predicted molar refractivity (Wildman–Crippen MR) is 83.6 cm³/mol. The van der Waals surface area contributed by atoms with Gasteiger partial charge in [-0.05, 0) is 36.1 Å². The molecule has 2 nitrogen and oxygen atoms in total. The van der Waals surface area contributed by atoms with Crippen LogP contribution in [0.1, 0.15) is 39.9 Å². The summed E-state index contributed by atoms with van der Waals surface area (Å²) in [5.41, 5.74) is 9.38. The minimum atomic E-state index is -0.395. The lowest BCUT2D eigenvalue weighted by Gasteiger charge is -2.07. The molecule has 2 heteroatoms. The lowest BCUT2D eigenvalue weighted by Crippen LogP contribution is -2.10. The van der Waals surface area contributed by atoms with Crippen molar-refractivity contribution in [2.24, 2.45) is 5.73 Å². The molecule has 2 aromatic rings. The Morgan fingerprint density at radius 3 is 2.20 bits per heavy atom. The van der Waals surface area contributed by atoms with Crippen LogP contribution in [0, 0.1) is 6.92 Å². The fourth-order valence-electron chi connectivity index (χ4n) is 2.00. The highest BCUT2D eigenvalue weighted by atomic mass is 16.1. The van der Waals surface area contributed by atoms with Gasteiger partial charge >= 0.3 is 0 Å². The molecule has 0 saturated heterocycles. The second-order valence-corrected chi connectivity index (χ2v) is 5.04. The largest absolute Gasteiger partial charge is 0.366 e. The van der Waals surface area contributed by atoms with Gasteiger partial charge in [0.15, 0.2) is 0 Å². The van der Waals surface area contributed by atoms with Crippen LogP contribution in [0.15, 0.2) is 54.6 Å². The maximum absolute atomic E-state index is 11.0. The molecule has 1 atom stereocenters. The van der Waals surface area contributed by atoms with Gasteiger partial charge in [0.25, 0.3) is 0 Å². The van der Waals surface area contributed by atoms with Gasteiger partial charge in [-0.3, -0.25) is 4.79 Å². The molecule has 0 aliphatic carbocycles. The molecule has 0 aliphatic rings. The normalized spacial score (nSPS) is 12.5. The van der Waals surface area contributed by atoms with Crippen molar-refractivity contribution in [1.29, 1.82) is 0 Å². The molecular formula is C18H19NO. The van der Waals surface area contributed by atoms with E-state index in [2.05, 4.69) is 50.3 Å². The van der Waals surface area contributed by atoms with E-state index in [1.165, 1.54) is 11.1 Å². The molecule has 2 N–H and O–H groups in total. The Morgan fingerprint density at radius 1 is 1.05 bits per heavy atom. The second kappa shape index (κ2) is 6.20. The maximum Gasteiger partial charge on any atom is 0.248 e. The van der Waals surface area contributed by atoms with E-state index in [0.29, 0.717) is 11.5 Å². The van der Waals surface area contributed by atoms with Gasteiger partial charge < -0.3 is 5.73 Å². The zero-order valence-corrected chi connectivity index (χ0v) is 11.8. The fraction of sp³-hybridized carbons (Fsp3) is 0.167. The van der Waals surface area contributed by atoms with E-state index in [9.17, 15) is 4.79 Å². The number of amides is 1. The SMILES string of the molecule is Cc1ccc(C(C)/C=C/c2ccc(C(N)=O)cc2)cc1. The molecule has 0 fully saturated rings. The van der Waals surface area contributed by atoms with Crippen molar-refractivity contribution in [2.45, 2.75) is 19.8 Å². The van der Waals surface area contributed by atoms with E-state index >= 15 is 0 Å². The van der Waals surface area contributed by atoms with Crippen LogP contribution in [0.2, 0.25) is 0 Å². The van der Waals surface area contributed by atoms with Gasteiger partial charge in [0.2, 0.25) is 5.91 Å². The Bertz CT molecular complexity index is 609. The minimum Gasteiger partial charge on any atom is -0.366 e. The number of benzene rings is 2. The molecule has 102 valence electrons. The Kier molecular flexibility index (Phi) is 4.36. The van der Waals surface area contributed by atoms with Crippen LogP contribution in [0.5, 0.6) is 0 Å². The van der Waals surface area contributed by atoms with Crippen LogP contribution in [0.4, 0.5) is 0 Å². The topological polar surface area (TPSA) is 43.1 Å². The third kappa shape index (κ3) is 3.58. The van der Waals surface area contributed by atoms with Crippen molar-refractivity contribution in [1.82, 2.24) is 0 Å². The highest BCUT2D eigenvalue weighted by Crippen LogP contribution is 2.18. The van der Waals surface area contributed by atoms with Gasteiger partial charge in [0.1, 0.15) is 0 Å². The Hall–Kier alpha value is -2.35. The standard InChI is InChI=1S/C18H19NO/c1-13-3-9-16(10-4-13)14(2)5-6-15-7-11-17(12-8-15)18(19)20/h3-12,14H,1-2H3,(H2,19,20)/b6-5+. The van der Waals surface area contributed by atoms with E-state index < -0.39 is 5.91 Å². The van der Waals surface area contributed by atoms with E-state index in [4.69, 9.17) is 5.73 Å². The highest BCUT2D eigenvalue weighted by molar-refractivity contribution is 5.92. The summed E-state index contributed by atoms with van der Waals surface area (Å²) in [6, 6.07) is 15.9. The van der Waals surface area contributed by atoms with Crippen LogP contribution in [0.25, 0.3) is 6.08 Å². The number of carbonyl (C=O) groups is 1. The first-order chi connectivity index (χ1) is 9.56. The summed E-state index contributed by atoms with van der Waals surface area (Å²) in [4.78, 5) is 11.0. The molecule has 0 saturated carbocycles. The number of rotatable bonds is 4. The average Bonchev–Trinajstić information content (AvgIpc) is 2.46. The first kappa shape index (κ1) is 14.1. The predicted octanol–water partition coefficient (Wildman–Crippen LogP) is 3.91. The summed E-state index contributed by atoms with van der Waals surface area (Å²) in [6.07, 6.45) is 4.22. The number of allylic oxidation sites excluding steroid dienone is 1. The lowest BCUT2D eigenvalue weighted by atomic mass is 9.98. The Labute approximate surface area is 119 Å². The number of hydrogen-bond donors (Lipinski definition) is 1.